The molecule has 0 aliphatic heterocycles. The molecule has 0 fully saturated rings. The number of hydrogen-bond acceptors (Lipinski definition) is 4. The lowest BCUT2D eigenvalue weighted by molar-refractivity contribution is 0.0943. The number of benzene rings is 1. The van der Waals surface area contributed by atoms with Crippen molar-refractivity contribution in [2.45, 2.75) is 13.1 Å². The van der Waals surface area contributed by atoms with Gasteiger partial charge in [-0.3, -0.25) is 14.6 Å². The van der Waals surface area contributed by atoms with Gasteiger partial charge in [0.25, 0.3) is 11.8 Å². The summed E-state index contributed by atoms with van der Waals surface area (Å²) in [6, 6.07) is 14.6. The topological polar surface area (TPSA) is 71.1 Å². The molecule has 25 heavy (non-hydrogen) atoms. The predicted octanol–water partition coefficient (Wildman–Crippen LogP) is 3.00. The third-order valence-electron chi connectivity index (χ3n) is 3.59. The lowest BCUT2D eigenvalue weighted by Crippen LogP contribution is -2.23. The van der Waals surface area contributed by atoms with Gasteiger partial charge in [0.2, 0.25) is 0 Å². The quantitative estimate of drug-likeness (QED) is 0.717. The summed E-state index contributed by atoms with van der Waals surface area (Å²) in [6.07, 6.45) is 3.42. The second kappa shape index (κ2) is 8.21. The molecule has 0 aliphatic rings. The summed E-state index contributed by atoms with van der Waals surface area (Å²) in [7, 11) is 0. The van der Waals surface area contributed by atoms with Crippen molar-refractivity contribution >= 4 is 23.2 Å². The first-order valence-corrected chi connectivity index (χ1v) is 8.68. The zero-order valence-corrected chi connectivity index (χ0v) is 14.3. The van der Waals surface area contributed by atoms with E-state index < -0.39 is 0 Å². The highest BCUT2D eigenvalue weighted by molar-refractivity contribution is 7.12. The van der Waals surface area contributed by atoms with Crippen LogP contribution in [0.3, 0.4) is 0 Å². The number of hydrogen-bond donors (Lipinski definition) is 2. The van der Waals surface area contributed by atoms with Gasteiger partial charge in [-0.2, -0.15) is 0 Å². The molecule has 2 N–H and O–H groups in total. The first-order valence-electron chi connectivity index (χ1n) is 7.80. The Bertz CT molecular complexity index is 831. The van der Waals surface area contributed by atoms with Gasteiger partial charge >= 0.3 is 0 Å². The van der Waals surface area contributed by atoms with Gasteiger partial charge < -0.3 is 10.6 Å². The van der Waals surface area contributed by atoms with Gasteiger partial charge in [0.1, 0.15) is 0 Å². The lowest BCUT2D eigenvalue weighted by Gasteiger charge is -2.07. The summed E-state index contributed by atoms with van der Waals surface area (Å²) in [6.45, 7) is 0.861. The van der Waals surface area contributed by atoms with E-state index in [0.717, 1.165) is 11.1 Å². The normalized spacial score (nSPS) is 10.2. The summed E-state index contributed by atoms with van der Waals surface area (Å²) in [5, 5.41) is 7.59. The SMILES string of the molecule is O=C(NCc1cccnc1)c1ccc(CNC(=O)c2cccs2)cc1. The molecule has 3 aromatic rings. The number of nitrogens with one attached hydrogen (secondary N) is 2. The average Bonchev–Trinajstić information content (AvgIpc) is 3.20. The van der Waals surface area contributed by atoms with Crippen molar-refractivity contribution in [1.29, 1.82) is 0 Å². The van der Waals surface area contributed by atoms with Crippen molar-refractivity contribution in [2.24, 2.45) is 0 Å². The van der Waals surface area contributed by atoms with Crippen LogP contribution < -0.4 is 10.6 Å². The highest BCUT2D eigenvalue weighted by atomic mass is 32.1. The molecule has 2 heterocycles. The van der Waals surface area contributed by atoms with Gasteiger partial charge in [-0.1, -0.05) is 24.3 Å². The molecule has 5 nitrogen and oxygen atoms in total. The number of pyridine rings is 1. The fraction of sp³-hybridized carbons (Fsp3) is 0.105. The smallest absolute Gasteiger partial charge is 0.261 e. The van der Waals surface area contributed by atoms with Crippen molar-refractivity contribution in [3.05, 3.63) is 87.9 Å². The molecule has 0 atom stereocenters. The Morgan fingerprint density at radius 3 is 2.32 bits per heavy atom. The molecule has 2 amide bonds. The Labute approximate surface area is 149 Å². The highest BCUT2D eigenvalue weighted by Gasteiger charge is 2.07. The van der Waals surface area contributed by atoms with E-state index in [2.05, 4.69) is 15.6 Å². The molecule has 1 aromatic carbocycles. The molecule has 126 valence electrons. The Kier molecular flexibility index (Phi) is 5.53. The van der Waals surface area contributed by atoms with Crippen LogP contribution in [0, 0.1) is 0 Å². The van der Waals surface area contributed by atoms with E-state index in [9.17, 15) is 9.59 Å². The van der Waals surface area contributed by atoms with Crippen LogP contribution in [-0.4, -0.2) is 16.8 Å². The molecule has 3 rings (SSSR count). The van der Waals surface area contributed by atoms with Gasteiger partial charge in [-0.15, -0.1) is 11.3 Å². The number of rotatable bonds is 6. The van der Waals surface area contributed by atoms with E-state index in [0.29, 0.717) is 23.5 Å². The maximum absolute atomic E-state index is 12.2. The molecule has 0 radical (unpaired) electrons. The molecule has 0 unspecified atom stereocenters. The second-order valence-corrected chi connectivity index (χ2v) is 6.35. The first-order chi connectivity index (χ1) is 12.2. The number of aromatic nitrogens is 1. The largest absolute Gasteiger partial charge is 0.348 e. The minimum absolute atomic E-state index is 0.0895. The zero-order chi connectivity index (χ0) is 17.5. The standard InChI is InChI=1S/C19H17N3O2S/c23-18(21-13-15-3-1-9-20-11-15)16-7-5-14(6-8-16)12-22-19(24)17-4-2-10-25-17/h1-11H,12-13H2,(H,21,23)(H,22,24). The van der Waals surface area contributed by atoms with Gasteiger partial charge in [0, 0.05) is 31.0 Å². The summed E-state index contributed by atoms with van der Waals surface area (Å²) in [5.74, 6) is -0.230. The number of carbonyl (C=O) groups excluding carboxylic acids is 2. The van der Waals surface area contributed by atoms with E-state index in [-0.39, 0.29) is 11.8 Å². The van der Waals surface area contributed by atoms with E-state index in [1.807, 2.05) is 35.7 Å². The Hall–Kier alpha value is -2.99. The van der Waals surface area contributed by atoms with Crippen molar-refractivity contribution < 1.29 is 9.59 Å². The monoisotopic (exact) mass is 351 g/mol. The number of carbonyl (C=O) groups is 2. The maximum Gasteiger partial charge on any atom is 0.261 e. The van der Waals surface area contributed by atoms with Crippen molar-refractivity contribution in [3.8, 4) is 0 Å². The van der Waals surface area contributed by atoms with Gasteiger partial charge in [-0.05, 0) is 40.8 Å². The van der Waals surface area contributed by atoms with Crippen LogP contribution in [0.25, 0.3) is 0 Å². The van der Waals surface area contributed by atoms with E-state index in [1.165, 1.54) is 11.3 Å². The summed E-state index contributed by atoms with van der Waals surface area (Å²) >= 11 is 1.41. The summed E-state index contributed by atoms with van der Waals surface area (Å²) < 4.78 is 0. The zero-order valence-electron chi connectivity index (χ0n) is 13.4. The van der Waals surface area contributed by atoms with Crippen LogP contribution in [0.1, 0.15) is 31.2 Å². The molecule has 0 saturated carbocycles. The van der Waals surface area contributed by atoms with Crippen LogP contribution in [0.2, 0.25) is 0 Å². The van der Waals surface area contributed by atoms with Gasteiger partial charge in [0.15, 0.2) is 0 Å². The van der Waals surface area contributed by atoms with Crippen LogP contribution in [0.5, 0.6) is 0 Å². The third kappa shape index (κ3) is 4.74. The molecule has 0 bridgehead atoms. The minimum Gasteiger partial charge on any atom is -0.348 e. The first kappa shape index (κ1) is 16.9. The van der Waals surface area contributed by atoms with Crippen LogP contribution in [-0.2, 0) is 13.1 Å². The summed E-state index contributed by atoms with van der Waals surface area (Å²) in [5.41, 5.74) is 2.47. The van der Waals surface area contributed by atoms with E-state index in [1.54, 1.807) is 30.6 Å². The Balaban J connectivity index is 1.51. The van der Waals surface area contributed by atoms with Gasteiger partial charge in [0.05, 0.1) is 4.88 Å². The highest BCUT2D eigenvalue weighted by Crippen LogP contribution is 2.09. The molecular weight excluding hydrogens is 334 g/mol. The van der Waals surface area contributed by atoms with Crippen molar-refractivity contribution in [1.82, 2.24) is 15.6 Å². The van der Waals surface area contributed by atoms with Gasteiger partial charge in [-0.25, -0.2) is 0 Å². The molecular formula is C19H17N3O2S. The summed E-state index contributed by atoms with van der Waals surface area (Å²) in [4.78, 5) is 28.8. The lowest BCUT2D eigenvalue weighted by atomic mass is 10.1. The predicted molar refractivity (Wildman–Crippen MR) is 97.3 cm³/mol. The van der Waals surface area contributed by atoms with E-state index in [4.69, 9.17) is 0 Å². The molecule has 6 heteroatoms. The van der Waals surface area contributed by atoms with Crippen molar-refractivity contribution in [2.75, 3.05) is 0 Å². The fourth-order valence-corrected chi connectivity index (χ4v) is 2.88. The fourth-order valence-electron chi connectivity index (χ4n) is 2.24. The molecule has 0 spiro atoms. The van der Waals surface area contributed by atoms with Crippen molar-refractivity contribution in [3.63, 3.8) is 0 Å². The third-order valence-corrected chi connectivity index (χ3v) is 4.46. The Morgan fingerprint density at radius 1 is 0.880 bits per heavy atom. The Morgan fingerprint density at radius 2 is 1.64 bits per heavy atom. The number of thiophene rings is 1. The van der Waals surface area contributed by atoms with E-state index >= 15 is 0 Å². The molecule has 2 aromatic heterocycles. The minimum atomic E-state index is -0.141. The molecule has 0 saturated heterocycles. The second-order valence-electron chi connectivity index (χ2n) is 5.40. The number of nitrogens with zero attached hydrogens (tertiary/aromatic N) is 1. The average molecular weight is 351 g/mol. The van der Waals surface area contributed by atoms with Crippen LogP contribution >= 0.6 is 11.3 Å². The maximum atomic E-state index is 12.2. The molecule has 0 aliphatic carbocycles. The number of amides is 2. The van der Waals surface area contributed by atoms with Crippen LogP contribution in [0.4, 0.5) is 0 Å². The van der Waals surface area contributed by atoms with Crippen LogP contribution in [0.15, 0.2) is 66.3 Å².